The molecule has 3 rings (SSSR count). The molecule has 0 fully saturated rings. The van der Waals surface area contributed by atoms with E-state index in [1.54, 1.807) is 0 Å². The first-order valence-corrected chi connectivity index (χ1v) is 9.16. The number of hydrogen-bond acceptors (Lipinski definition) is 7. The third kappa shape index (κ3) is 4.61. The third-order valence-corrected chi connectivity index (χ3v) is 4.56. The monoisotopic (exact) mass is 422 g/mol. The molecular weight excluding hydrogens is 401 g/mol. The van der Waals surface area contributed by atoms with E-state index in [0.29, 0.717) is 35.3 Å². The van der Waals surface area contributed by atoms with Gasteiger partial charge in [-0.3, -0.25) is 5.41 Å². The van der Waals surface area contributed by atoms with Crippen LogP contribution in [0.1, 0.15) is 36.6 Å². The van der Waals surface area contributed by atoms with Crippen molar-refractivity contribution < 1.29 is 22.6 Å². The molecular formula is C19H21F3N6O2. The SMILES string of the molecule is CCOc1cnc(C2=Nc3cc([C@@H](C)C(F)(F)COC(=N)N)c(F)cc3CN2)cn1. The van der Waals surface area contributed by atoms with Crippen LogP contribution in [0.25, 0.3) is 0 Å². The van der Waals surface area contributed by atoms with Crippen LogP contribution in [-0.4, -0.2) is 41.0 Å². The van der Waals surface area contributed by atoms with Gasteiger partial charge in [-0.1, -0.05) is 6.92 Å². The Morgan fingerprint density at radius 1 is 1.33 bits per heavy atom. The highest BCUT2D eigenvalue weighted by atomic mass is 19.3. The van der Waals surface area contributed by atoms with Crippen LogP contribution in [0.5, 0.6) is 5.88 Å². The Labute approximate surface area is 170 Å². The fourth-order valence-corrected chi connectivity index (χ4v) is 2.87. The summed E-state index contributed by atoms with van der Waals surface area (Å²) in [7, 11) is 0. The van der Waals surface area contributed by atoms with Crippen LogP contribution >= 0.6 is 0 Å². The minimum absolute atomic E-state index is 0.214. The molecule has 4 N–H and O–H groups in total. The molecule has 0 spiro atoms. The zero-order valence-electron chi connectivity index (χ0n) is 16.4. The second-order valence-electron chi connectivity index (χ2n) is 6.62. The molecule has 1 aromatic carbocycles. The fourth-order valence-electron chi connectivity index (χ4n) is 2.87. The summed E-state index contributed by atoms with van der Waals surface area (Å²) in [4.78, 5) is 12.7. The Bertz CT molecular complexity index is 965. The maximum Gasteiger partial charge on any atom is 0.288 e. The second-order valence-corrected chi connectivity index (χ2v) is 6.62. The van der Waals surface area contributed by atoms with Crippen molar-refractivity contribution in [3.63, 3.8) is 0 Å². The summed E-state index contributed by atoms with van der Waals surface area (Å²) in [5.41, 5.74) is 6.06. The van der Waals surface area contributed by atoms with Gasteiger partial charge in [-0.2, -0.15) is 0 Å². The number of benzene rings is 1. The van der Waals surface area contributed by atoms with Gasteiger partial charge in [0.1, 0.15) is 11.5 Å². The van der Waals surface area contributed by atoms with E-state index in [0.717, 1.165) is 0 Å². The lowest BCUT2D eigenvalue weighted by Gasteiger charge is -2.25. The van der Waals surface area contributed by atoms with Crippen molar-refractivity contribution in [2.45, 2.75) is 32.2 Å². The number of amidine groups is 2. The second kappa shape index (κ2) is 8.56. The Balaban J connectivity index is 1.89. The molecule has 30 heavy (non-hydrogen) atoms. The summed E-state index contributed by atoms with van der Waals surface area (Å²) in [6.07, 6.45) is 2.93. The number of nitrogens with two attached hydrogens (primary N) is 1. The first-order valence-electron chi connectivity index (χ1n) is 9.16. The molecule has 1 atom stereocenters. The highest BCUT2D eigenvalue weighted by molar-refractivity contribution is 5.99. The number of aromatic nitrogens is 2. The number of halogens is 3. The molecule has 11 heteroatoms. The number of fused-ring (bicyclic) bond motifs is 1. The maximum absolute atomic E-state index is 14.5. The maximum atomic E-state index is 14.5. The molecule has 0 aliphatic carbocycles. The molecule has 0 saturated carbocycles. The molecule has 0 bridgehead atoms. The van der Waals surface area contributed by atoms with Gasteiger partial charge in [0.05, 0.1) is 30.6 Å². The van der Waals surface area contributed by atoms with E-state index in [9.17, 15) is 13.2 Å². The average molecular weight is 422 g/mol. The van der Waals surface area contributed by atoms with Crippen molar-refractivity contribution in [3.05, 3.63) is 47.2 Å². The molecule has 1 aliphatic rings. The summed E-state index contributed by atoms with van der Waals surface area (Å²) in [5, 5.41) is 9.95. The van der Waals surface area contributed by atoms with Crippen molar-refractivity contribution in [3.8, 4) is 5.88 Å². The average Bonchev–Trinajstić information content (AvgIpc) is 2.72. The van der Waals surface area contributed by atoms with Crippen molar-refractivity contribution in [1.29, 1.82) is 5.41 Å². The third-order valence-electron chi connectivity index (χ3n) is 4.56. The van der Waals surface area contributed by atoms with Gasteiger partial charge >= 0.3 is 0 Å². The van der Waals surface area contributed by atoms with Crippen molar-refractivity contribution in [2.75, 3.05) is 13.2 Å². The van der Waals surface area contributed by atoms with Crippen LogP contribution in [0, 0.1) is 11.2 Å². The smallest absolute Gasteiger partial charge is 0.288 e. The summed E-state index contributed by atoms with van der Waals surface area (Å²) in [6.45, 7) is 2.58. The minimum atomic E-state index is -3.44. The fraction of sp³-hybridized carbons (Fsp3) is 0.368. The Morgan fingerprint density at radius 2 is 2.10 bits per heavy atom. The van der Waals surface area contributed by atoms with E-state index in [-0.39, 0.29) is 12.1 Å². The predicted octanol–water partition coefficient (Wildman–Crippen LogP) is 2.84. The van der Waals surface area contributed by atoms with E-state index in [1.165, 1.54) is 31.5 Å². The van der Waals surface area contributed by atoms with Crippen molar-refractivity contribution in [2.24, 2.45) is 10.7 Å². The van der Waals surface area contributed by atoms with Gasteiger partial charge in [0.2, 0.25) is 5.88 Å². The summed E-state index contributed by atoms with van der Waals surface area (Å²) in [5.74, 6) is -4.99. The van der Waals surface area contributed by atoms with Gasteiger partial charge in [0.15, 0.2) is 12.4 Å². The topological polar surface area (TPSA) is 118 Å². The van der Waals surface area contributed by atoms with Crippen molar-refractivity contribution >= 4 is 17.5 Å². The van der Waals surface area contributed by atoms with E-state index in [1.807, 2.05) is 6.92 Å². The van der Waals surface area contributed by atoms with Gasteiger partial charge in [-0.05, 0) is 30.2 Å². The zero-order chi connectivity index (χ0) is 21.9. The molecule has 2 heterocycles. The Morgan fingerprint density at radius 3 is 2.73 bits per heavy atom. The first kappa shape index (κ1) is 21.3. The first-order chi connectivity index (χ1) is 14.2. The summed E-state index contributed by atoms with van der Waals surface area (Å²) < 4.78 is 53.0. The largest absolute Gasteiger partial charge is 0.477 e. The van der Waals surface area contributed by atoms with Gasteiger partial charge < -0.3 is 20.5 Å². The van der Waals surface area contributed by atoms with Gasteiger partial charge in [0.25, 0.3) is 11.9 Å². The summed E-state index contributed by atoms with van der Waals surface area (Å²) >= 11 is 0. The lowest BCUT2D eigenvalue weighted by atomic mass is 9.92. The van der Waals surface area contributed by atoms with E-state index < -0.39 is 30.3 Å². The molecule has 0 amide bonds. The lowest BCUT2D eigenvalue weighted by Crippen LogP contribution is -2.33. The number of alkyl halides is 2. The van der Waals surface area contributed by atoms with Crippen LogP contribution < -0.4 is 15.8 Å². The van der Waals surface area contributed by atoms with E-state index in [2.05, 4.69) is 25.0 Å². The van der Waals surface area contributed by atoms with Gasteiger partial charge in [0, 0.05) is 6.54 Å². The van der Waals surface area contributed by atoms with E-state index >= 15 is 0 Å². The molecule has 0 unspecified atom stereocenters. The molecule has 8 nitrogen and oxygen atoms in total. The Hall–Kier alpha value is -3.37. The number of nitrogens with zero attached hydrogens (tertiary/aromatic N) is 3. The number of aliphatic imine (C=N–C) groups is 1. The minimum Gasteiger partial charge on any atom is -0.477 e. The molecule has 0 saturated heterocycles. The molecule has 1 aliphatic heterocycles. The lowest BCUT2D eigenvalue weighted by molar-refractivity contribution is -0.0649. The highest BCUT2D eigenvalue weighted by Crippen LogP contribution is 2.38. The Kier molecular flexibility index (Phi) is 6.09. The predicted molar refractivity (Wildman–Crippen MR) is 104 cm³/mol. The molecule has 160 valence electrons. The van der Waals surface area contributed by atoms with Crippen LogP contribution in [0.15, 0.2) is 29.5 Å². The quantitative estimate of drug-likeness (QED) is 0.466. The number of hydrogen-bond donors (Lipinski definition) is 3. The van der Waals surface area contributed by atoms with Gasteiger partial charge in [-0.25, -0.2) is 28.1 Å². The molecule has 0 radical (unpaired) electrons. The zero-order valence-corrected chi connectivity index (χ0v) is 16.4. The van der Waals surface area contributed by atoms with Crippen LogP contribution in [0.3, 0.4) is 0 Å². The van der Waals surface area contributed by atoms with Crippen LogP contribution in [-0.2, 0) is 11.3 Å². The summed E-state index contributed by atoms with van der Waals surface area (Å²) in [6, 6.07) is 1.64. The molecule has 1 aromatic heterocycles. The van der Waals surface area contributed by atoms with Crippen LogP contribution in [0.4, 0.5) is 18.9 Å². The molecule has 2 aromatic rings. The van der Waals surface area contributed by atoms with Gasteiger partial charge in [-0.15, -0.1) is 0 Å². The highest BCUT2D eigenvalue weighted by Gasteiger charge is 2.40. The number of ether oxygens (including phenoxy) is 2. The number of rotatable bonds is 7. The normalized spacial score (nSPS) is 14.2. The van der Waals surface area contributed by atoms with E-state index in [4.69, 9.17) is 15.9 Å². The van der Waals surface area contributed by atoms with Crippen molar-refractivity contribution in [1.82, 2.24) is 15.3 Å². The number of nitrogens with one attached hydrogen (secondary N) is 2. The standard InChI is InChI=1S/C19H21F3N6O2/c1-3-29-16-8-25-15(7-26-16)17-27-6-11-4-13(20)12(5-14(11)28-17)10(2)19(21,22)9-30-18(23)24/h4-5,7-8,10H,3,6,9H2,1-2H3,(H3,23,24)(H,27,28)/t10-/m1/s1. The van der Waals surface area contributed by atoms with Crippen LogP contribution in [0.2, 0.25) is 0 Å².